The lowest BCUT2D eigenvalue weighted by Gasteiger charge is -2.22. The summed E-state index contributed by atoms with van der Waals surface area (Å²) in [7, 11) is 0. The van der Waals surface area contributed by atoms with E-state index >= 15 is 0 Å². The van der Waals surface area contributed by atoms with Gasteiger partial charge in [0.25, 0.3) is 0 Å². The number of halogens is 1. The van der Waals surface area contributed by atoms with Crippen molar-refractivity contribution in [1.82, 2.24) is 20.2 Å². The molecule has 0 saturated heterocycles. The zero-order chi connectivity index (χ0) is 26.7. The molecule has 39 heavy (non-hydrogen) atoms. The lowest BCUT2D eigenvalue weighted by molar-refractivity contribution is -0.146. The number of aromatic nitrogens is 2. The second-order valence-electron chi connectivity index (χ2n) is 9.49. The van der Waals surface area contributed by atoms with Gasteiger partial charge in [-0.05, 0) is 55.5 Å². The van der Waals surface area contributed by atoms with E-state index in [1.54, 1.807) is 19.3 Å². The number of carbonyl (C=O) groups is 3. The Balaban J connectivity index is 0.00000420. The maximum absolute atomic E-state index is 13.5. The third-order valence-electron chi connectivity index (χ3n) is 6.81. The second-order valence-corrected chi connectivity index (χ2v) is 9.49. The zero-order valence-corrected chi connectivity index (χ0v) is 23.1. The molecule has 4 rings (SSSR count). The van der Waals surface area contributed by atoms with Crippen LogP contribution in [0.3, 0.4) is 0 Å². The first kappa shape index (κ1) is 30.1. The number of pyridine rings is 1. The van der Waals surface area contributed by atoms with E-state index in [2.05, 4.69) is 20.2 Å². The van der Waals surface area contributed by atoms with Gasteiger partial charge < -0.3 is 24.7 Å². The van der Waals surface area contributed by atoms with Crippen molar-refractivity contribution in [2.75, 3.05) is 26.4 Å². The van der Waals surface area contributed by atoms with Crippen LogP contribution in [0.25, 0.3) is 10.9 Å². The smallest absolute Gasteiger partial charge is 0.306 e. The summed E-state index contributed by atoms with van der Waals surface area (Å²) in [6.07, 6.45) is 7.79. The minimum absolute atomic E-state index is 0. The first-order valence-corrected chi connectivity index (χ1v) is 13.3. The highest BCUT2D eigenvalue weighted by Gasteiger charge is 2.28. The molecule has 0 spiro atoms. The fourth-order valence-corrected chi connectivity index (χ4v) is 4.87. The predicted octanol–water partition coefficient (Wildman–Crippen LogP) is 3.22. The van der Waals surface area contributed by atoms with Crippen LogP contribution in [0.1, 0.15) is 37.3 Å². The first-order valence-electron chi connectivity index (χ1n) is 13.3. The quantitative estimate of drug-likeness (QED) is 0.391. The Morgan fingerprint density at radius 3 is 2.79 bits per heavy atom. The molecular formula is C29H37ClN4O5. The van der Waals surface area contributed by atoms with Crippen LogP contribution >= 0.6 is 12.4 Å². The lowest BCUT2D eigenvalue weighted by Crippen LogP contribution is -2.50. The molecule has 3 aromatic rings. The molecule has 0 unspecified atom stereocenters. The summed E-state index contributed by atoms with van der Waals surface area (Å²) in [5.41, 5.74) is 3.15. The van der Waals surface area contributed by atoms with Crippen LogP contribution in [0.15, 0.2) is 55.0 Å². The van der Waals surface area contributed by atoms with Crippen molar-refractivity contribution in [3.8, 4) is 0 Å². The van der Waals surface area contributed by atoms with E-state index in [-0.39, 0.29) is 37.2 Å². The molecule has 3 heterocycles. The van der Waals surface area contributed by atoms with Crippen molar-refractivity contribution >= 4 is 41.1 Å². The molecule has 2 bridgehead atoms. The van der Waals surface area contributed by atoms with Crippen molar-refractivity contribution in [1.29, 1.82) is 0 Å². The Bertz CT molecular complexity index is 1230. The average Bonchev–Trinajstić information content (AvgIpc) is 3.27. The summed E-state index contributed by atoms with van der Waals surface area (Å²) in [5.74, 6) is -1.61. The van der Waals surface area contributed by atoms with Crippen LogP contribution in [0.2, 0.25) is 0 Å². The number of fused-ring (bicyclic) bond motifs is 5. The summed E-state index contributed by atoms with van der Waals surface area (Å²) in [5, 5.41) is 6.89. The van der Waals surface area contributed by atoms with Crippen molar-refractivity contribution in [2.24, 2.45) is 5.92 Å². The number of para-hydroxylation sites is 1. The van der Waals surface area contributed by atoms with Crippen LogP contribution in [-0.2, 0) is 43.2 Å². The van der Waals surface area contributed by atoms with Crippen molar-refractivity contribution in [3.05, 3.63) is 66.1 Å². The molecule has 210 valence electrons. The third-order valence-corrected chi connectivity index (χ3v) is 6.81. The maximum atomic E-state index is 13.5. The number of hydrogen-bond donors (Lipinski definition) is 2. The van der Waals surface area contributed by atoms with Gasteiger partial charge in [0.15, 0.2) is 0 Å². The molecule has 10 heteroatoms. The van der Waals surface area contributed by atoms with E-state index < -0.39 is 17.9 Å². The van der Waals surface area contributed by atoms with Gasteiger partial charge in [-0.1, -0.05) is 18.2 Å². The number of ether oxygens (including phenoxy) is 2. The number of nitrogens with one attached hydrogen (secondary N) is 2. The van der Waals surface area contributed by atoms with Gasteiger partial charge in [0, 0.05) is 54.9 Å². The summed E-state index contributed by atoms with van der Waals surface area (Å²) in [4.78, 5) is 43.0. The minimum Gasteiger partial charge on any atom is -0.466 e. The molecule has 9 nitrogen and oxygen atoms in total. The highest BCUT2D eigenvalue weighted by molar-refractivity contribution is 5.91. The molecule has 1 aliphatic heterocycles. The van der Waals surface area contributed by atoms with E-state index in [0.717, 1.165) is 28.5 Å². The van der Waals surface area contributed by atoms with Crippen LogP contribution < -0.4 is 10.6 Å². The summed E-state index contributed by atoms with van der Waals surface area (Å²) < 4.78 is 13.0. The van der Waals surface area contributed by atoms with Crippen LogP contribution in [0.5, 0.6) is 0 Å². The maximum Gasteiger partial charge on any atom is 0.306 e. The van der Waals surface area contributed by atoms with Crippen molar-refractivity contribution in [2.45, 2.75) is 51.6 Å². The number of benzene rings is 1. The molecule has 1 aromatic carbocycles. The zero-order valence-electron chi connectivity index (χ0n) is 22.3. The Hall–Kier alpha value is -3.43. The van der Waals surface area contributed by atoms with E-state index in [4.69, 9.17) is 9.47 Å². The number of aryl methyl sites for hydroxylation is 1. The van der Waals surface area contributed by atoms with Gasteiger partial charge in [-0.3, -0.25) is 19.4 Å². The summed E-state index contributed by atoms with van der Waals surface area (Å²) in [6, 6.07) is 11.1. The van der Waals surface area contributed by atoms with Gasteiger partial charge in [-0.25, -0.2) is 0 Å². The van der Waals surface area contributed by atoms with Crippen LogP contribution in [0.4, 0.5) is 0 Å². The standard InChI is InChI=1S/C29H36N4O5.ClH/c1-2-38-27(34)19-22(7-5-6-21-10-12-30-13-11-21)28(35)32-25-18-23-20-33(26-9-4-3-8-24(23)26)15-17-37-16-14-31-29(25)36;/h3-4,8-13,20,22,25H,2,5-7,14-19H2,1H3,(H,31,36)(H,32,35);1H/t22-,25+;/m1./s1. The summed E-state index contributed by atoms with van der Waals surface area (Å²) >= 11 is 0. The van der Waals surface area contributed by atoms with Gasteiger partial charge >= 0.3 is 5.97 Å². The molecule has 0 aliphatic carbocycles. The normalized spacial score (nSPS) is 16.6. The van der Waals surface area contributed by atoms with E-state index in [1.807, 2.05) is 42.6 Å². The largest absolute Gasteiger partial charge is 0.466 e. The van der Waals surface area contributed by atoms with Crippen LogP contribution in [-0.4, -0.2) is 59.7 Å². The monoisotopic (exact) mass is 556 g/mol. The second kappa shape index (κ2) is 15.2. The lowest BCUT2D eigenvalue weighted by atomic mass is 9.95. The molecule has 2 atom stereocenters. The number of rotatable bonds is 9. The Morgan fingerprint density at radius 1 is 1.21 bits per heavy atom. The number of hydrogen-bond acceptors (Lipinski definition) is 6. The average molecular weight is 557 g/mol. The van der Waals surface area contributed by atoms with Gasteiger partial charge in [-0.15, -0.1) is 12.4 Å². The Labute approximate surface area is 235 Å². The fraction of sp³-hybridized carbons (Fsp3) is 0.448. The molecule has 2 aromatic heterocycles. The molecule has 1 aliphatic rings. The van der Waals surface area contributed by atoms with E-state index in [1.165, 1.54) is 0 Å². The van der Waals surface area contributed by atoms with Gasteiger partial charge in [0.05, 0.1) is 26.2 Å². The van der Waals surface area contributed by atoms with Crippen molar-refractivity contribution < 1.29 is 23.9 Å². The number of esters is 1. The SMILES string of the molecule is CCOC(=O)C[C@@H](CCCc1ccncc1)C(=O)N[C@H]1Cc2cn(c3ccccc23)CCOCCNC1=O.Cl. The first-order chi connectivity index (χ1) is 18.5. The van der Waals surface area contributed by atoms with Gasteiger partial charge in [-0.2, -0.15) is 0 Å². The molecular weight excluding hydrogens is 520 g/mol. The van der Waals surface area contributed by atoms with E-state index in [9.17, 15) is 14.4 Å². The Kier molecular flexibility index (Phi) is 11.8. The molecule has 0 radical (unpaired) electrons. The molecule has 0 fully saturated rings. The topological polar surface area (TPSA) is 112 Å². The van der Waals surface area contributed by atoms with Crippen LogP contribution in [0, 0.1) is 5.92 Å². The molecule has 0 saturated carbocycles. The number of carbonyl (C=O) groups excluding carboxylic acids is 3. The minimum atomic E-state index is -0.786. The fourth-order valence-electron chi connectivity index (χ4n) is 4.87. The number of amides is 2. The Morgan fingerprint density at radius 2 is 2.00 bits per heavy atom. The van der Waals surface area contributed by atoms with Crippen molar-refractivity contribution in [3.63, 3.8) is 0 Å². The molecule has 2 N–H and O–H groups in total. The van der Waals surface area contributed by atoms with Gasteiger partial charge in [0.2, 0.25) is 11.8 Å². The highest BCUT2D eigenvalue weighted by atomic mass is 35.5. The number of nitrogens with zero attached hydrogens (tertiary/aromatic N) is 2. The van der Waals surface area contributed by atoms with Gasteiger partial charge in [0.1, 0.15) is 6.04 Å². The predicted molar refractivity (Wildman–Crippen MR) is 151 cm³/mol. The highest BCUT2D eigenvalue weighted by Crippen LogP contribution is 2.23. The molecule has 2 amide bonds. The summed E-state index contributed by atoms with van der Waals surface area (Å²) in [6.45, 7) is 3.98. The third kappa shape index (κ3) is 8.53. The van der Waals surface area contributed by atoms with E-state index in [0.29, 0.717) is 45.6 Å².